The molecule has 0 unspecified atom stereocenters. The van der Waals surface area contributed by atoms with Crippen molar-refractivity contribution >= 4 is 34.7 Å². The van der Waals surface area contributed by atoms with Crippen LogP contribution in [0.25, 0.3) is 0 Å². The molecule has 1 aromatic heterocycles. The molecule has 0 fully saturated rings. The lowest BCUT2D eigenvalue weighted by Crippen LogP contribution is -2.12. The summed E-state index contributed by atoms with van der Waals surface area (Å²) in [5, 5.41) is 4.91. The van der Waals surface area contributed by atoms with Gasteiger partial charge in [-0.2, -0.15) is 0 Å². The molecule has 5 nitrogen and oxygen atoms in total. The van der Waals surface area contributed by atoms with E-state index in [1.807, 2.05) is 36.6 Å². The summed E-state index contributed by atoms with van der Waals surface area (Å²) in [4.78, 5) is 17.9. The number of ether oxygens (including phenoxy) is 2. The summed E-state index contributed by atoms with van der Waals surface area (Å²) in [6, 6.07) is 12.7. The number of thiazole rings is 1. The Morgan fingerprint density at radius 2 is 1.81 bits per heavy atom. The van der Waals surface area contributed by atoms with Crippen LogP contribution >= 0.6 is 23.1 Å². The number of methoxy groups -OCH3 is 2. The van der Waals surface area contributed by atoms with Gasteiger partial charge in [-0.1, -0.05) is 11.8 Å². The van der Waals surface area contributed by atoms with Gasteiger partial charge in [0.1, 0.15) is 0 Å². The molecule has 0 aliphatic rings. The highest BCUT2D eigenvalue weighted by atomic mass is 32.2. The molecule has 26 heavy (non-hydrogen) atoms. The van der Waals surface area contributed by atoms with Crippen LogP contribution in [0.3, 0.4) is 0 Å². The fourth-order valence-electron chi connectivity index (χ4n) is 2.27. The second-order valence-corrected chi connectivity index (χ2v) is 7.58. The lowest BCUT2D eigenvalue weighted by atomic mass is 10.2. The zero-order chi connectivity index (χ0) is 18.5. The average Bonchev–Trinajstić information content (AvgIpc) is 3.07. The van der Waals surface area contributed by atoms with E-state index < -0.39 is 0 Å². The maximum Gasteiger partial charge on any atom is 0.255 e. The fraction of sp³-hybridized carbons (Fsp3) is 0.158. The Bertz CT molecular complexity index is 907. The highest BCUT2D eigenvalue weighted by Gasteiger charge is 2.11. The van der Waals surface area contributed by atoms with Gasteiger partial charge in [-0.25, -0.2) is 4.98 Å². The lowest BCUT2D eigenvalue weighted by molar-refractivity contribution is 0.102. The molecular weight excluding hydrogens is 368 g/mol. The Labute approximate surface area is 160 Å². The first-order chi connectivity index (χ1) is 12.6. The zero-order valence-electron chi connectivity index (χ0n) is 14.6. The molecule has 0 aliphatic carbocycles. The molecule has 1 heterocycles. The SMILES string of the molecule is COc1ccc(C(=O)Nc2ccc(Sc3nc(C)cs3)cc2)cc1OC. The molecule has 0 saturated heterocycles. The summed E-state index contributed by atoms with van der Waals surface area (Å²) in [7, 11) is 3.10. The summed E-state index contributed by atoms with van der Waals surface area (Å²) in [5.74, 6) is 0.899. The van der Waals surface area contributed by atoms with E-state index in [9.17, 15) is 4.79 Å². The van der Waals surface area contributed by atoms with Gasteiger partial charge in [0.25, 0.3) is 5.91 Å². The van der Waals surface area contributed by atoms with Crippen LogP contribution in [0.15, 0.2) is 57.1 Å². The van der Waals surface area contributed by atoms with E-state index in [-0.39, 0.29) is 5.91 Å². The van der Waals surface area contributed by atoms with Gasteiger partial charge >= 0.3 is 0 Å². The first kappa shape index (κ1) is 18.3. The summed E-state index contributed by atoms with van der Waals surface area (Å²) in [6.07, 6.45) is 0. The van der Waals surface area contributed by atoms with E-state index in [1.165, 1.54) is 0 Å². The number of amides is 1. The second kappa shape index (κ2) is 8.25. The predicted molar refractivity (Wildman–Crippen MR) is 105 cm³/mol. The lowest BCUT2D eigenvalue weighted by Gasteiger charge is -2.10. The Kier molecular flexibility index (Phi) is 5.80. The van der Waals surface area contributed by atoms with Gasteiger partial charge in [0.05, 0.1) is 14.2 Å². The fourth-order valence-corrected chi connectivity index (χ4v) is 4.08. The number of aryl methyl sites for hydroxylation is 1. The van der Waals surface area contributed by atoms with Crippen LogP contribution in [-0.2, 0) is 0 Å². The molecule has 0 bridgehead atoms. The van der Waals surface area contributed by atoms with Crippen LogP contribution < -0.4 is 14.8 Å². The molecule has 134 valence electrons. The molecular formula is C19H18N2O3S2. The Hall–Kier alpha value is -2.51. The molecule has 3 aromatic rings. The maximum atomic E-state index is 12.4. The third kappa shape index (κ3) is 4.36. The van der Waals surface area contributed by atoms with Crippen LogP contribution in [0.5, 0.6) is 11.5 Å². The van der Waals surface area contributed by atoms with Crippen LogP contribution in [0.1, 0.15) is 16.1 Å². The van der Waals surface area contributed by atoms with Crippen molar-refractivity contribution in [3.8, 4) is 11.5 Å². The van der Waals surface area contributed by atoms with Crippen molar-refractivity contribution in [2.24, 2.45) is 0 Å². The van der Waals surface area contributed by atoms with E-state index in [0.29, 0.717) is 17.1 Å². The van der Waals surface area contributed by atoms with Gasteiger partial charge in [0.2, 0.25) is 0 Å². The predicted octanol–water partition coefficient (Wildman–Crippen LogP) is 4.87. The number of anilines is 1. The molecule has 1 amide bonds. The molecule has 1 N–H and O–H groups in total. The maximum absolute atomic E-state index is 12.4. The molecule has 2 aromatic carbocycles. The van der Waals surface area contributed by atoms with Gasteiger partial charge < -0.3 is 14.8 Å². The molecule has 0 radical (unpaired) electrons. The topological polar surface area (TPSA) is 60.5 Å². The van der Waals surface area contributed by atoms with E-state index in [0.717, 1.165) is 20.6 Å². The number of hydrogen-bond acceptors (Lipinski definition) is 6. The van der Waals surface area contributed by atoms with Crippen molar-refractivity contribution in [3.05, 3.63) is 59.1 Å². The summed E-state index contributed by atoms with van der Waals surface area (Å²) in [5.41, 5.74) is 2.25. The third-order valence-corrected chi connectivity index (χ3v) is 5.63. The van der Waals surface area contributed by atoms with E-state index in [1.54, 1.807) is 55.5 Å². The monoisotopic (exact) mass is 386 g/mol. The van der Waals surface area contributed by atoms with Crippen molar-refractivity contribution < 1.29 is 14.3 Å². The van der Waals surface area contributed by atoms with Crippen LogP contribution in [0.4, 0.5) is 5.69 Å². The van der Waals surface area contributed by atoms with Gasteiger partial charge in [0, 0.05) is 27.2 Å². The van der Waals surface area contributed by atoms with Crippen molar-refractivity contribution in [1.29, 1.82) is 0 Å². The summed E-state index contributed by atoms with van der Waals surface area (Å²) < 4.78 is 11.4. The molecule has 3 rings (SSSR count). The minimum Gasteiger partial charge on any atom is -0.493 e. The minimum atomic E-state index is -0.207. The van der Waals surface area contributed by atoms with Crippen molar-refractivity contribution in [3.63, 3.8) is 0 Å². The number of rotatable bonds is 6. The van der Waals surface area contributed by atoms with Crippen LogP contribution in [0, 0.1) is 6.92 Å². The number of carbonyl (C=O) groups excluding carboxylic acids is 1. The number of benzene rings is 2. The van der Waals surface area contributed by atoms with E-state index in [4.69, 9.17) is 9.47 Å². The zero-order valence-corrected chi connectivity index (χ0v) is 16.2. The van der Waals surface area contributed by atoms with Gasteiger partial charge in [-0.15, -0.1) is 11.3 Å². The highest BCUT2D eigenvalue weighted by molar-refractivity contribution is 8.01. The standard InChI is InChI=1S/C19H18N2O3S2/c1-12-11-25-19(20-12)26-15-7-5-14(6-8-15)21-18(22)13-4-9-16(23-2)17(10-13)24-3/h4-11H,1-3H3,(H,21,22). The van der Waals surface area contributed by atoms with Crippen LogP contribution in [-0.4, -0.2) is 25.1 Å². The van der Waals surface area contributed by atoms with E-state index in [2.05, 4.69) is 10.3 Å². The van der Waals surface area contributed by atoms with Crippen LogP contribution in [0.2, 0.25) is 0 Å². The minimum absolute atomic E-state index is 0.207. The molecule has 7 heteroatoms. The second-order valence-electron chi connectivity index (χ2n) is 5.41. The highest BCUT2D eigenvalue weighted by Crippen LogP contribution is 2.31. The summed E-state index contributed by atoms with van der Waals surface area (Å²) >= 11 is 3.23. The number of nitrogens with zero attached hydrogens (tertiary/aromatic N) is 1. The molecule has 0 spiro atoms. The number of nitrogens with one attached hydrogen (secondary N) is 1. The van der Waals surface area contributed by atoms with Gasteiger partial charge in [-0.3, -0.25) is 4.79 Å². The normalized spacial score (nSPS) is 10.4. The van der Waals surface area contributed by atoms with Gasteiger partial charge in [-0.05, 0) is 49.4 Å². The Balaban J connectivity index is 1.67. The van der Waals surface area contributed by atoms with Gasteiger partial charge in [0.15, 0.2) is 15.8 Å². The average molecular weight is 386 g/mol. The quantitative estimate of drug-likeness (QED) is 0.655. The largest absolute Gasteiger partial charge is 0.493 e. The van der Waals surface area contributed by atoms with Crippen molar-refractivity contribution in [2.75, 3.05) is 19.5 Å². The molecule has 0 saturated carbocycles. The smallest absolute Gasteiger partial charge is 0.255 e. The first-order valence-corrected chi connectivity index (χ1v) is 9.52. The van der Waals surface area contributed by atoms with Crippen molar-refractivity contribution in [2.45, 2.75) is 16.2 Å². The van der Waals surface area contributed by atoms with Crippen molar-refractivity contribution in [1.82, 2.24) is 4.98 Å². The summed E-state index contributed by atoms with van der Waals surface area (Å²) in [6.45, 7) is 1.98. The Morgan fingerprint density at radius 3 is 2.42 bits per heavy atom. The Morgan fingerprint density at radius 1 is 1.08 bits per heavy atom. The number of aromatic nitrogens is 1. The first-order valence-electron chi connectivity index (χ1n) is 7.82. The van der Waals surface area contributed by atoms with E-state index >= 15 is 0 Å². The molecule has 0 aliphatic heterocycles. The number of carbonyl (C=O) groups is 1. The number of hydrogen-bond donors (Lipinski definition) is 1. The third-order valence-electron chi connectivity index (χ3n) is 3.56. The molecule has 0 atom stereocenters.